The van der Waals surface area contributed by atoms with E-state index in [1.54, 1.807) is 0 Å². The Morgan fingerprint density at radius 3 is 2.53 bits per heavy atom. The molecule has 0 unspecified atom stereocenters. The molecule has 2 aliphatic rings. The highest BCUT2D eigenvalue weighted by Gasteiger charge is 2.38. The van der Waals surface area contributed by atoms with Gasteiger partial charge in [-0.15, -0.1) is 0 Å². The van der Waals surface area contributed by atoms with Crippen molar-refractivity contribution in [2.75, 3.05) is 13.2 Å². The molecule has 0 aromatic heterocycles. The summed E-state index contributed by atoms with van der Waals surface area (Å²) in [5, 5.41) is 0. The number of allylic oxidation sites excluding steroid dienone is 1. The van der Waals surface area contributed by atoms with E-state index in [0.717, 1.165) is 0 Å². The van der Waals surface area contributed by atoms with Crippen LogP contribution in [0.1, 0.15) is 19.3 Å². The van der Waals surface area contributed by atoms with Gasteiger partial charge in [0.2, 0.25) is 0 Å². The molecule has 0 aromatic rings. The van der Waals surface area contributed by atoms with Crippen molar-refractivity contribution < 1.29 is 26.0 Å². The number of hydrogen-bond donors (Lipinski definition) is 0. The van der Waals surface area contributed by atoms with Crippen LogP contribution in [0.4, 0.5) is 3.89 Å². The smallest absolute Gasteiger partial charge is 0.363 e. The van der Waals surface area contributed by atoms with E-state index in [0.29, 0.717) is 32.5 Å². The zero-order valence-corrected chi connectivity index (χ0v) is 8.76. The first-order chi connectivity index (χ1) is 6.99. The molecule has 1 spiro atoms. The molecule has 1 aliphatic carbocycles. The summed E-state index contributed by atoms with van der Waals surface area (Å²) in [5.41, 5.74) is 0. The van der Waals surface area contributed by atoms with E-state index >= 15 is 0 Å². The van der Waals surface area contributed by atoms with Gasteiger partial charge in [-0.2, -0.15) is 8.42 Å². The Labute approximate surface area is 87.2 Å². The van der Waals surface area contributed by atoms with Gasteiger partial charge in [-0.05, 0) is 6.08 Å². The summed E-state index contributed by atoms with van der Waals surface area (Å²) in [6, 6.07) is 0. The van der Waals surface area contributed by atoms with Gasteiger partial charge in [0.1, 0.15) is 5.76 Å². The first-order valence-corrected chi connectivity index (χ1v) is 5.91. The van der Waals surface area contributed by atoms with Crippen LogP contribution in [-0.4, -0.2) is 27.4 Å². The lowest BCUT2D eigenvalue weighted by molar-refractivity contribution is -0.163. The lowest BCUT2D eigenvalue weighted by atomic mass is 9.99. The quantitative estimate of drug-likeness (QED) is 0.672. The summed E-state index contributed by atoms with van der Waals surface area (Å²) in [6.07, 6.45) is 2.65. The van der Waals surface area contributed by atoms with E-state index in [1.807, 2.05) is 0 Å². The minimum absolute atomic E-state index is 0.113. The third kappa shape index (κ3) is 2.67. The highest BCUT2D eigenvalue weighted by Crippen LogP contribution is 2.35. The molecular formula is C8H11FO5S. The molecule has 2 rings (SSSR count). The molecule has 15 heavy (non-hydrogen) atoms. The largest absolute Gasteiger partial charge is 0.488 e. The van der Waals surface area contributed by atoms with E-state index in [1.165, 1.54) is 6.08 Å². The molecule has 1 heterocycles. The molecular weight excluding hydrogens is 227 g/mol. The normalized spacial score (nSPS) is 25.3. The minimum Gasteiger partial charge on any atom is -0.363 e. The second-order valence-corrected chi connectivity index (χ2v) is 4.41. The molecule has 0 aromatic carbocycles. The summed E-state index contributed by atoms with van der Waals surface area (Å²) in [4.78, 5) is 0. The van der Waals surface area contributed by atoms with Gasteiger partial charge in [0, 0.05) is 19.3 Å². The Hall–Kier alpha value is -0.660. The molecule has 1 aliphatic heterocycles. The fraction of sp³-hybridized carbons (Fsp3) is 0.750. The Balaban J connectivity index is 2.00. The van der Waals surface area contributed by atoms with Crippen LogP contribution < -0.4 is 0 Å². The summed E-state index contributed by atoms with van der Waals surface area (Å²) >= 11 is 0. The lowest BCUT2D eigenvalue weighted by Gasteiger charge is -2.29. The van der Waals surface area contributed by atoms with Crippen LogP contribution in [0.5, 0.6) is 0 Å². The number of hydrogen-bond acceptors (Lipinski definition) is 5. The maximum Gasteiger partial charge on any atom is 0.488 e. The van der Waals surface area contributed by atoms with Crippen LogP contribution in [0.15, 0.2) is 11.8 Å². The summed E-state index contributed by atoms with van der Waals surface area (Å²) in [6.45, 7) is 1.07. The topological polar surface area (TPSA) is 61.8 Å². The Bertz CT molecular complexity index is 368. The number of rotatable bonds is 2. The SMILES string of the molecule is O=S(=O)(F)OC1=CCC2(CC1)OCCO2. The van der Waals surface area contributed by atoms with Crippen LogP contribution in [0.2, 0.25) is 0 Å². The van der Waals surface area contributed by atoms with Gasteiger partial charge in [-0.25, -0.2) is 0 Å². The van der Waals surface area contributed by atoms with Crippen molar-refractivity contribution in [3.05, 3.63) is 11.8 Å². The Morgan fingerprint density at radius 2 is 2.07 bits per heavy atom. The predicted molar refractivity (Wildman–Crippen MR) is 47.7 cm³/mol. The van der Waals surface area contributed by atoms with Crippen molar-refractivity contribution in [3.8, 4) is 0 Å². The van der Waals surface area contributed by atoms with Crippen molar-refractivity contribution in [1.29, 1.82) is 0 Å². The lowest BCUT2D eigenvalue weighted by Crippen LogP contribution is -2.32. The molecule has 1 fully saturated rings. The molecule has 1 saturated heterocycles. The predicted octanol–water partition coefficient (Wildman–Crippen LogP) is 1.03. The molecule has 86 valence electrons. The Kier molecular flexibility index (Phi) is 2.70. The monoisotopic (exact) mass is 238 g/mol. The van der Waals surface area contributed by atoms with Crippen LogP contribution >= 0.6 is 0 Å². The molecule has 7 heteroatoms. The van der Waals surface area contributed by atoms with Gasteiger partial charge in [0.05, 0.1) is 13.2 Å². The first-order valence-electron chi connectivity index (χ1n) is 4.60. The molecule has 0 saturated carbocycles. The van der Waals surface area contributed by atoms with Crippen LogP contribution in [0.3, 0.4) is 0 Å². The first kappa shape index (κ1) is 10.8. The highest BCUT2D eigenvalue weighted by atomic mass is 32.3. The second-order valence-electron chi connectivity index (χ2n) is 3.46. The van der Waals surface area contributed by atoms with E-state index in [-0.39, 0.29) is 5.76 Å². The zero-order chi connectivity index (χ0) is 10.9. The highest BCUT2D eigenvalue weighted by molar-refractivity contribution is 7.81. The van der Waals surface area contributed by atoms with Crippen molar-refractivity contribution >= 4 is 10.5 Å². The molecule has 0 bridgehead atoms. The summed E-state index contributed by atoms with van der Waals surface area (Å²) in [5.74, 6) is -0.533. The summed E-state index contributed by atoms with van der Waals surface area (Å²) < 4.78 is 47.6. The molecule has 0 radical (unpaired) electrons. The second kappa shape index (κ2) is 3.73. The Morgan fingerprint density at radius 1 is 1.40 bits per heavy atom. The van der Waals surface area contributed by atoms with Gasteiger partial charge >= 0.3 is 10.5 Å². The minimum atomic E-state index is -4.91. The average molecular weight is 238 g/mol. The van der Waals surface area contributed by atoms with Crippen LogP contribution in [0, 0.1) is 0 Å². The van der Waals surface area contributed by atoms with Gasteiger partial charge in [-0.3, -0.25) is 0 Å². The fourth-order valence-corrected chi connectivity index (χ4v) is 2.16. The number of halogens is 1. The van der Waals surface area contributed by atoms with E-state index < -0.39 is 16.3 Å². The third-order valence-corrected chi connectivity index (χ3v) is 2.83. The maximum atomic E-state index is 12.2. The van der Waals surface area contributed by atoms with Crippen molar-refractivity contribution in [2.24, 2.45) is 0 Å². The molecule has 0 N–H and O–H groups in total. The molecule has 5 nitrogen and oxygen atoms in total. The number of ether oxygens (including phenoxy) is 2. The van der Waals surface area contributed by atoms with E-state index in [9.17, 15) is 12.3 Å². The summed E-state index contributed by atoms with van der Waals surface area (Å²) in [7, 11) is -4.91. The standard InChI is InChI=1S/C8H11FO5S/c9-15(10,11)14-7-1-3-8(4-2-7)12-5-6-13-8/h1H,2-6H2. The van der Waals surface area contributed by atoms with E-state index in [2.05, 4.69) is 4.18 Å². The van der Waals surface area contributed by atoms with Crippen LogP contribution in [0.25, 0.3) is 0 Å². The van der Waals surface area contributed by atoms with Crippen molar-refractivity contribution in [2.45, 2.75) is 25.0 Å². The van der Waals surface area contributed by atoms with Gasteiger partial charge in [0.25, 0.3) is 0 Å². The van der Waals surface area contributed by atoms with Crippen molar-refractivity contribution in [3.63, 3.8) is 0 Å². The van der Waals surface area contributed by atoms with Crippen molar-refractivity contribution in [1.82, 2.24) is 0 Å². The fourth-order valence-electron chi connectivity index (χ4n) is 1.75. The van der Waals surface area contributed by atoms with Crippen LogP contribution in [-0.2, 0) is 24.2 Å². The zero-order valence-electron chi connectivity index (χ0n) is 7.94. The molecule has 0 amide bonds. The van der Waals surface area contributed by atoms with Gasteiger partial charge in [0.15, 0.2) is 5.79 Å². The third-order valence-electron chi connectivity index (χ3n) is 2.41. The molecule has 0 atom stereocenters. The maximum absolute atomic E-state index is 12.2. The van der Waals surface area contributed by atoms with Gasteiger partial charge in [-0.1, -0.05) is 3.89 Å². The van der Waals surface area contributed by atoms with E-state index in [4.69, 9.17) is 9.47 Å². The van der Waals surface area contributed by atoms with Gasteiger partial charge < -0.3 is 13.7 Å². The average Bonchev–Trinajstić information content (AvgIpc) is 2.56.